The first-order valence-corrected chi connectivity index (χ1v) is 7.02. The Balaban J connectivity index is 1.75. The van der Waals surface area contributed by atoms with E-state index in [4.69, 9.17) is 0 Å². The first-order valence-electron chi connectivity index (χ1n) is 7.02. The van der Waals surface area contributed by atoms with Crippen LogP contribution in [-0.4, -0.2) is 47.9 Å². The highest BCUT2D eigenvalue weighted by molar-refractivity contribution is 5.79. The van der Waals surface area contributed by atoms with Crippen molar-refractivity contribution in [2.45, 2.75) is 24.9 Å². The van der Waals surface area contributed by atoms with Gasteiger partial charge < -0.3 is 15.1 Å². The van der Waals surface area contributed by atoms with Gasteiger partial charge in [0.1, 0.15) is 0 Å². The summed E-state index contributed by atoms with van der Waals surface area (Å²) in [6.07, 6.45) is 1.26. The Morgan fingerprint density at radius 3 is 2.60 bits per heavy atom. The Labute approximate surface area is 118 Å². The third-order valence-corrected chi connectivity index (χ3v) is 4.25. The Bertz CT molecular complexity index is 507. The molecule has 20 heavy (non-hydrogen) atoms. The molecule has 106 valence electrons. The number of amides is 3. The zero-order chi connectivity index (χ0) is 14.1. The number of carbonyl (C=O) groups excluding carboxylic acids is 2. The second-order valence-corrected chi connectivity index (χ2v) is 5.47. The minimum atomic E-state index is 0.0556. The molecule has 1 aromatic rings. The third-order valence-electron chi connectivity index (χ3n) is 4.25. The van der Waals surface area contributed by atoms with Crippen molar-refractivity contribution in [1.29, 1.82) is 0 Å². The maximum absolute atomic E-state index is 12.4. The summed E-state index contributed by atoms with van der Waals surface area (Å²) in [5.41, 5.74) is 1.16. The molecule has 3 amide bonds. The Kier molecular flexibility index (Phi) is 3.34. The summed E-state index contributed by atoms with van der Waals surface area (Å²) in [5, 5.41) is 2.85. The molecule has 0 spiro atoms. The number of carbonyl (C=O) groups is 2. The van der Waals surface area contributed by atoms with Crippen LogP contribution in [0.3, 0.4) is 0 Å². The molecular weight excluding hydrogens is 254 g/mol. The molecule has 5 heteroatoms. The van der Waals surface area contributed by atoms with Crippen molar-refractivity contribution >= 4 is 11.9 Å². The van der Waals surface area contributed by atoms with Crippen LogP contribution in [0.4, 0.5) is 4.79 Å². The van der Waals surface area contributed by atoms with Gasteiger partial charge in [0.25, 0.3) is 0 Å². The number of nitrogens with zero attached hydrogens (tertiary/aromatic N) is 2. The SMILES string of the molecule is CN1C(=O)N(C2CCC(=O)NC2)CC1c1ccccc1. The standard InChI is InChI=1S/C15H19N3O2/c1-17-13(11-5-3-2-4-6-11)10-18(15(17)20)12-7-8-14(19)16-9-12/h2-6,12-13H,7-10H2,1H3,(H,16,19). The summed E-state index contributed by atoms with van der Waals surface area (Å²) in [5.74, 6) is 0.0841. The van der Waals surface area contributed by atoms with Crippen LogP contribution in [0, 0.1) is 0 Å². The molecule has 2 atom stereocenters. The van der Waals surface area contributed by atoms with Gasteiger partial charge in [-0.25, -0.2) is 4.79 Å². The fourth-order valence-corrected chi connectivity index (χ4v) is 3.02. The lowest BCUT2D eigenvalue weighted by Crippen LogP contribution is -2.49. The first kappa shape index (κ1) is 13.0. The van der Waals surface area contributed by atoms with Crippen molar-refractivity contribution in [3.05, 3.63) is 35.9 Å². The monoisotopic (exact) mass is 273 g/mol. The zero-order valence-corrected chi connectivity index (χ0v) is 11.6. The van der Waals surface area contributed by atoms with Crippen molar-refractivity contribution in [2.75, 3.05) is 20.1 Å². The lowest BCUT2D eigenvalue weighted by atomic mass is 10.0. The molecule has 2 heterocycles. The molecule has 0 aromatic heterocycles. The highest BCUT2D eigenvalue weighted by atomic mass is 16.2. The number of likely N-dealkylation sites (N-methyl/N-ethyl adjacent to an activating group) is 1. The van der Waals surface area contributed by atoms with Gasteiger partial charge in [0.05, 0.1) is 12.1 Å². The van der Waals surface area contributed by atoms with Crippen molar-refractivity contribution in [2.24, 2.45) is 0 Å². The van der Waals surface area contributed by atoms with Crippen LogP contribution in [0.2, 0.25) is 0 Å². The van der Waals surface area contributed by atoms with Crippen molar-refractivity contribution in [3.8, 4) is 0 Å². The highest BCUT2D eigenvalue weighted by Gasteiger charge is 2.39. The van der Waals surface area contributed by atoms with Crippen LogP contribution < -0.4 is 5.32 Å². The fraction of sp³-hybridized carbons (Fsp3) is 0.467. The minimum absolute atomic E-state index is 0.0556. The largest absolute Gasteiger partial charge is 0.354 e. The van der Waals surface area contributed by atoms with Gasteiger partial charge in [0.2, 0.25) is 5.91 Å². The average molecular weight is 273 g/mol. The Morgan fingerprint density at radius 1 is 1.20 bits per heavy atom. The van der Waals surface area contributed by atoms with E-state index in [-0.39, 0.29) is 24.0 Å². The topological polar surface area (TPSA) is 52.7 Å². The van der Waals surface area contributed by atoms with Gasteiger partial charge in [-0.2, -0.15) is 0 Å². The molecule has 2 fully saturated rings. The summed E-state index contributed by atoms with van der Waals surface area (Å²) in [6, 6.07) is 10.4. The number of hydrogen-bond acceptors (Lipinski definition) is 2. The van der Waals surface area contributed by atoms with E-state index in [1.54, 1.807) is 4.90 Å². The van der Waals surface area contributed by atoms with Gasteiger partial charge in [-0.15, -0.1) is 0 Å². The second kappa shape index (κ2) is 5.15. The van der Waals surface area contributed by atoms with E-state index in [0.29, 0.717) is 19.5 Å². The summed E-state index contributed by atoms with van der Waals surface area (Å²) in [6.45, 7) is 1.26. The average Bonchev–Trinajstić information content (AvgIpc) is 2.77. The number of urea groups is 1. The summed E-state index contributed by atoms with van der Waals surface area (Å²) in [4.78, 5) is 27.3. The first-order chi connectivity index (χ1) is 9.66. The molecule has 0 aliphatic carbocycles. The molecule has 1 aromatic carbocycles. The summed E-state index contributed by atoms with van der Waals surface area (Å²) >= 11 is 0. The van der Waals surface area contributed by atoms with Crippen LogP contribution in [0.25, 0.3) is 0 Å². The van der Waals surface area contributed by atoms with E-state index in [1.807, 2.05) is 30.1 Å². The second-order valence-electron chi connectivity index (χ2n) is 5.47. The zero-order valence-electron chi connectivity index (χ0n) is 11.6. The normalized spacial score (nSPS) is 26.9. The van der Waals surface area contributed by atoms with Crippen LogP contribution in [0.15, 0.2) is 30.3 Å². The van der Waals surface area contributed by atoms with E-state index >= 15 is 0 Å². The predicted molar refractivity (Wildman–Crippen MR) is 75.1 cm³/mol. The lowest BCUT2D eigenvalue weighted by Gasteiger charge is -2.30. The van der Waals surface area contributed by atoms with Crippen molar-refractivity contribution in [3.63, 3.8) is 0 Å². The summed E-state index contributed by atoms with van der Waals surface area (Å²) in [7, 11) is 1.85. The molecule has 2 unspecified atom stereocenters. The molecule has 1 N–H and O–H groups in total. The van der Waals surface area contributed by atoms with Crippen molar-refractivity contribution < 1.29 is 9.59 Å². The van der Waals surface area contributed by atoms with Crippen molar-refractivity contribution in [1.82, 2.24) is 15.1 Å². The van der Waals surface area contributed by atoms with Crippen LogP contribution in [0.5, 0.6) is 0 Å². The van der Waals surface area contributed by atoms with E-state index in [1.165, 1.54) is 0 Å². The maximum Gasteiger partial charge on any atom is 0.320 e. The number of hydrogen-bond donors (Lipinski definition) is 1. The molecule has 5 nitrogen and oxygen atoms in total. The van der Waals surface area contributed by atoms with Gasteiger partial charge in [-0.05, 0) is 12.0 Å². The predicted octanol–water partition coefficient (Wildman–Crippen LogP) is 1.37. The summed E-state index contributed by atoms with van der Waals surface area (Å²) < 4.78 is 0. The van der Waals surface area contributed by atoms with Gasteiger partial charge in [0, 0.05) is 26.6 Å². The highest BCUT2D eigenvalue weighted by Crippen LogP contribution is 2.30. The Hall–Kier alpha value is -2.04. The maximum atomic E-state index is 12.4. The van der Waals surface area contributed by atoms with E-state index in [9.17, 15) is 9.59 Å². The molecule has 2 saturated heterocycles. The van der Waals surface area contributed by atoms with E-state index in [0.717, 1.165) is 12.0 Å². The minimum Gasteiger partial charge on any atom is -0.354 e. The Morgan fingerprint density at radius 2 is 1.95 bits per heavy atom. The van der Waals surface area contributed by atoms with Crippen LogP contribution in [-0.2, 0) is 4.79 Å². The van der Waals surface area contributed by atoms with E-state index in [2.05, 4.69) is 17.4 Å². The molecule has 3 rings (SSSR count). The van der Waals surface area contributed by atoms with E-state index < -0.39 is 0 Å². The number of rotatable bonds is 2. The van der Waals surface area contributed by atoms with Gasteiger partial charge >= 0.3 is 6.03 Å². The van der Waals surface area contributed by atoms with Gasteiger partial charge in [-0.3, -0.25) is 4.79 Å². The molecular formula is C15H19N3O2. The number of nitrogens with one attached hydrogen (secondary N) is 1. The van der Waals surface area contributed by atoms with Gasteiger partial charge in [0.15, 0.2) is 0 Å². The third kappa shape index (κ3) is 2.24. The van der Waals surface area contributed by atoms with Crippen LogP contribution >= 0.6 is 0 Å². The molecule has 2 aliphatic rings. The lowest BCUT2D eigenvalue weighted by molar-refractivity contribution is -0.123. The molecule has 0 bridgehead atoms. The van der Waals surface area contributed by atoms with Gasteiger partial charge in [-0.1, -0.05) is 30.3 Å². The molecule has 2 aliphatic heterocycles. The number of piperidine rings is 1. The molecule has 0 saturated carbocycles. The van der Waals surface area contributed by atoms with Crippen LogP contribution in [0.1, 0.15) is 24.4 Å². The molecule has 0 radical (unpaired) electrons. The quantitative estimate of drug-likeness (QED) is 0.885. The smallest absolute Gasteiger partial charge is 0.320 e. The number of benzene rings is 1. The fourth-order valence-electron chi connectivity index (χ4n) is 3.02.